The van der Waals surface area contributed by atoms with Crippen LogP contribution < -0.4 is 10.1 Å². The van der Waals surface area contributed by atoms with Crippen LogP contribution in [0, 0.1) is 12.7 Å². The van der Waals surface area contributed by atoms with E-state index >= 15 is 0 Å². The SMILES string of the molecule is CCCNC1CCCCCCC1Oc1ccc(C)c(F)c1. The molecule has 0 bridgehead atoms. The highest BCUT2D eigenvalue weighted by Gasteiger charge is 2.24. The summed E-state index contributed by atoms with van der Waals surface area (Å²) >= 11 is 0. The van der Waals surface area contributed by atoms with Crippen LogP contribution in [0.2, 0.25) is 0 Å². The molecule has 2 atom stereocenters. The number of rotatable bonds is 5. The standard InChI is InChI=1S/C18H28FNO/c1-3-12-20-17-8-6-4-5-7-9-18(17)21-15-11-10-14(2)16(19)13-15/h10-11,13,17-18,20H,3-9,12H2,1-2H3. The third-order valence-corrected chi connectivity index (χ3v) is 4.29. The summed E-state index contributed by atoms with van der Waals surface area (Å²) in [5.74, 6) is 0.475. The Kier molecular flexibility index (Phi) is 6.50. The van der Waals surface area contributed by atoms with Crippen molar-refractivity contribution >= 4 is 0 Å². The van der Waals surface area contributed by atoms with E-state index in [1.54, 1.807) is 13.0 Å². The zero-order valence-corrected chi connectivity index (χ0v) is 13.3. The molecule has 2 nitrogen and oxygen atoms in total. The molecular formula is C18H28FNO. The lowest BCUT2D eigenvalue weighted by Crippen LogP contribution is -2.44. The van der Waals surface area contributed by atoms with E-state index < -0.39 is 0 Å². The Labute approximate surface area is 128 Å². The van der Waals surface area contributed by atoms with E-state index in [0.29, 0.717) is 17.4 Å². The minimum atomic E-state index is -0.184. The van der Waals surface area contributed by atoms with Crippen molar-refractivity contribution < 1.29 is 9.13 Å². The number of benzene rings is 1. The highest BCUT2D eigenvalue weighted by Crippen LogP contribution is 2.24. The Morgan fingerprint density at radius 2 is 1.95 bits per heavy atom. The first-order chi connectivity index (χ1) is 10.2. The lowest BCUT2D eigenvalue weighted by molar-refractivity contribution is 0.126. The van der Waals surface area contributed by atoms with E-state index in [2.05, 4.69) is 12.2 Å². The average molecular weight is 293 g/mol. The average Bonchev–Trinajstić information content (AvgIpc) is 2.45. The van der Waals surface area contributed by atoms with Gasteiger partial charge in [-0.1, -0.05) is 32.3 Å². The summed E-state index contributed by atoms with van der Waals surface area (Å²) in [6.07, 6.45) is 8.53. The van der Waals surface area contributed by atoms with Gasteiger partial charge in [0.1, 0.15) is 17.7 Å². The van der Waals surface area contributed by atoms with Crippen LogP contribution in [0.25, 0.3) is 0 Å². The molecule has 2 rings (SSSR count). The highest BCUT2D eigenvalue weighted by molar-refractivity contribution is 5.28. The minimum Gasteiger partial charge on any atom is -0.489 e. The summed E-state index contributed by atoms with van der Waals surface area (Å²) in [6, 6.07) is 5.58. The normalized spacial score (nSPS) is 23.4. The smallest absolute Gasteiger partial charge is 0.129 e. The van der Waals surface area contributed by atoms with Gasteiger partial charge in [-0.15, -0.1) is 0 Å². The van der Waals surface area contributed by atoms with E-state index in [0.717, 1.165) is 25.8 Å². The molecule has 0 aromatic heterocycles. The summed E-state index contributed by atoms with van der Waals surface area (Å²) in [6.45, 7) is 4.98. The number of hydrogen-bond acceptors (Lipinski definition) is 2. The summed E-state index contributed by atoms with van der Waals surface area (Å²) in [7, 11) is 0. The predicted octanol–water partition coefficient (Wildman–Crippen LogP) is 4.60. The second kappa shape index (κ2) is 8.38. The van der Waals surface area contributed by atoms with Crippen LogP contribution in [-0.2, 0) is 0 Å². The number of halogens is 1. The topological polar surface area (TPSA) is 21.3 Å². The Hall–Kier alpha value is -1.09. The Morgan fingerprint density at radius 1 is 1.19 bits per heavy atom. The molecule has 0 amide bonds. The van der Waals surface area contributed by atoms with E-state index in [-0.39, 0.29) is 11.9 Å². The third kappa shape index (κ3) is 4.99. The molecule has 3 heteroatoms. The number of ether oxygens (including phenoxy) is 1. The Bertz CT molecular complexity index is 433. The van der Waals surface area contributed by atoms with E-state index in [9.17, 15) is 4.39 Å². The third-order valence-electron chi connectivity index (χ3n) is 4.29. The molecule has 1 aromatic rings. The van der Waals surface area contributed by atoms with Crippen LogP contribution >= 0.6 is 0 Å². The van der Waals surface area contributed by atoms with Gasteiger partial charge in [-0.3, -0.25) is 0 Å². The van der Waals surface area contributed by atoms with E-state index in [1.165, 1.54) is 31.7 Å². The second-order valence-corrected chi connectivity index (χ2v) is 6.12. The summed E-state index contributed by atoms with van der Waals surface area (Å²) in [5, 5.41) is 3.62. The molecule has 118 valence electrons. The van der Waals surface area contributed by atoms with Crippen molar-refractivity contribution in [2.24, 2.45) is 0 Å². The van der Waals surface area contributed by atoms with Gasteiger partial charge in [-0.25, -0.2) is 4.39 Å². The van der Waals surface area contributed by atoms with Gasteiger partial charge >= 0.3 is 0 Å². The van der Waals surface area contributed by atoms with Crippen LogP contribution in [0.15, 0.2) is 18.2 Å². The maximum absolute atomic E-state index is 13.7. The molecule has 0 aliphatic heterocycles. The molecule has 0 spiro atoms. The van der Waals surface area contributed by atoms with Gasteiger partial charge < -0.3 is 10.1 Å². The fourth-order valence-corrected chi connectivity index (χ4v) is 2.98. The van der Waals surface area contributed by atoms with Crippen LogP contribution in [0.3, 0.4) is 0 Å². The van der Waals surface area contributed by atoms with Gasteiger partial charge in [-0.05, 0) is 50.8 Å². The van der Waals surface area contributed by atoms with Gasteiger partial charge in [0.15, 0.2) is 0 Å². The largest absolute Gasteiger partial charge is 0.489 e. The highest BCUT2D eigenvalue weighted by atomic mass is 19.1. The van der Waals surface area contributed by atoms with Crippen LogP contribution in [0.5, 0.6) is 5.75 Å². The van der Waals surface area contributed by atoms with Crippen molar-refractivity contribution in [2.45, 2.75) is 70.9 Å². The van der Waals surface area contributed by atoms with Gasteiger partial charge in [-0.2, -0.15) is 0 Å². The maximum Gasteiger partial charge on any atom is 0.129 e. The molecule has 0 radical (unpaired) electrons. The van der Waals surface area contributed by atoms with Crippen molar-refractivity contribution in [3.63, 3.8) is 0 Å². The zero-order valence-electron chi connectivity index (χ0n) is 13.3. The molecule has 1 aromatic carbocycles. The lowest BCUT2D eigenvalue weighted by Gasteiger charge is -2.30. The predicted molar refractivity (Wildman–Crippen MR) is 85.3 cm³/mol. The Morgan fingerprint density at radius 3 is 2.67 bits per heavy atom. The van der Waals surface area contributed by atoms with Crippen LogP contribution in [0.1, 0.15) is 57.4 Å². The molecule has 0 saturated heterocycles. The second-order valence-electron chi connectivity index (χ2n) is 6.12. The lowest BCUT2D eigenvalue weighted by atomic mass is 9.94. The molecule has 1 aliphatic carbocycles. The first-order valence-corrected chi connectivity index (χ1v) is 8.37. The molecule has 0 heterocycles. The van der Waals surface area contributed by atoms with E-state index in [1.807, 2.05) is 6.07 Å². The quantitative estimate of drug-likeness (QED) is 0.856. The first-order valence-electron chi connectivity index (χ1n) is 8.37. The fraction of sp³-hybridized carbons (Fsp3) is 0.667. The molecule has 1 aliphatic rings. The molecule has 21 heavy (non-hydrogen) atoms. The van der Waals surface area contributed by atoms with Crippen molar-refractivity contribution in [3.8, 4) is 5.75 Å². The zero-order chi connectivity index (χ0) is 15.1. The van der Waals surface area contributed by atoms with Gasteiger partial charge in [0.2, 0.25) is 0 Å². The summed E-state index contributed by atoms with van der Waals surface area (Å²) in [4.78, 5) is 0. The molecule has 2 unspecified atom stereocenters. The van der Waals surface area contributed by atoms with Crippen molar-refractivity contribution in [1.29, 1.82) is 0 Å². The van der Waals surface area contributed by atoms with Gasteiger partial charge in [0.05, 0.1) is 0 Å². The number of nitrogens with one attached hydrogen (secondary N) is 1. The molecular weight excluding hydrogens is 265 g/mol. The number of aryl methyl sites for hydroxylation is 1. The molecule has 1 fully saturated rings. The molecule has 1 N–H and O–H groups in total. The van der Waals surface area contributed by atoms with Crippen molar-refractivity contribution in [1.82, 2.24) is 5.32 Å². The maximum atomic E-state index is 13.7. The van der Waals surface area contributed by atoms with Gasteiger partial charge in [0.25, 0.3) is 0 Å². The van der Waals surface area contributed by atoms with Gasteiger partial charge in [0, 0.05) is 12.1 Å². The fourth-order valence-electron chi connectivity index (χ4n) is 2.98. The monoisotopic (exact) mass is 293 g/mol. The van der Waals surface area contributed by atoms with Crippen molar-refractivity contribution in [2.75, 3.05) is 6.54 Å². The minimum absolute atomic E-state index is 0.152. The Balaban J connectivity index is 2.05. The van der Waals surface area contributed by atoms with Crippen LogP contribution in [-0.4, -0.2) is 18.7 Å². The summed E-state index contributed by atoms with van der Waals surface area (Å²) in [5.41, 5.74) is 0.667. The number of hydrogen-bond donors (Lipinski definition) is 1. The van der Waals surface area contributed by atoms with Crippen LogP contribution in [0.4, 0.5) is 4.39 Å². The van der Waals surface area contributed by atoms with E-state index in [4.69, 9.17) is 4.74 Å². The molecule has 1 saturated carbocycles. The first kappa shape index (κ1) is 16.3. The van der Waals surface area contributed by atoms with Crippen molar-refractivity contribution in [3.05, 3.63) is 29.6 Å². The summed E-state index contributed by atoms with van der Waals surface area (Å²) < 4.78 is 19.8.